The standard InChI is InChI=1S/C24H27ClN2O5/c1-24(2,3)32-23(30)27-13-7-10-20(27)21(28)26-19-14-17(11-12-18(19)25)22(29)31-15-16-8-5-4-6-9-16/h4-6,8-9,11-12,14,20H,7,10,13,15H2,1-3H3,(H,26,28). The molecule has 1 unspecified atom stereocenters. The molecule has 2 aromatic rings. The van der Waals surface area contributed by atoms with Crippen LogP contribution in [0.5, 0.6) is 0 Å². The highest BCUT2D eigenvalue weighted by atomic mass is 35.5. The third-order valence-corrected chi connectivity index (χ3v) is 5.19. The molecule has 7 nitrogen and oxygen atoms in total. The molecule has 2 aromatic carbocycles. The van der Waals surface area contributed by atoms with Gasteiger partial charge in [0.05, 0.1) is 16.3 Å². The maximum absolute atomic E-state index is 12.9. The van der Waals surface area contributed by atoms with Crippen molar-refractivity contribution in [1.29, 1.82) is 0 Å². The summed E-state index contributed by atoms with van der Waals surface area (Å²) in [6, 6.07) is 13.2. The zero-order valence-corrected chi connectivity index (χ0v) is 19.1. The van der Waals surface area contributed by atoms with E-state index in [1.165, 1.54) is 23.1 Å². The summed E-state index contributed by atoms with van der Waals surface area (Å²) in [6.07, 6.45) is 0.679. The second-order valence-corrected chi connectivity index (χ2v) is 8.98. The van der Waals surface area contributed by atoms with Crippen molar-refractivity contribution in [2.24, 2.45) is 0 Å². The third-order valence-electron chi connectivity index (χ3n) is 4.86. The van der Waals surface area contributed by atoms with Crippen LogP contribution in [0.1, 0.15) is 49.5 Å². The first-order valence-corrected chi connectivity index (χ1v) is 10.8. The lowest BCUT2D eigenvalue weighted by Crippen LogP contribution is -2.45. The summed E-state index contributed by atoms with van der Waals surface area (Å²) >= 11 is 6.24. The van der Waals surface area contributed by atoms with Crippen LogP contribution >= 0.6 is 11.6 Å². The van der Waals surface area contributed by atoms with Gasteiger partial charge < -0.3 is 14.8 Å². The van der Waals surface area contributed by atoms with Gasteiger partial charge in [-0.3, -0.25) is 9.69 Å². The lowest BCUT2D eigenvalue weighted by molar-refractivity contribution is -0.120. The lowest BCUT2D eigenvalue weighted by atomic mass is 10.1. The summed E-state index contributed by atoms with van der Waals surface area (Å²) in [6.45, 7) is 5.90. The molecule has 1 atom stereocenters. The molecule has 8 heteroatoms. The summed E-state index contributed by atoms with van der Waals surface area (Å²) in [5.74, 6) is -0.915. The van der Waals surface area contributed by atoms with Crippen LogP contribution in [0.15, 0.2) is 48.5 Å². The van der Waals surface area contributed by atoms with Gasteiger partial charge in [-0.25, -0.2) is 9.59 Å². The van der Waals surface area contributed by atoms with E-state index in [0.29, 0.717) is 19.4 Å². The van der Waals surface area contributed by atoms with E-state index in [1.54, 1.807) is 20.8 Å². The number of anilines is 1. The number of hydrogen-bond donors (Lipinski definition) is 1. The Bertz CT molecular complexity index is 988. The molecular weight excluding hydrogens is 432 g/mol. The van der Waals surface area contributed by atoms with Crippen molar-refractivity contribution in [2.75, 3.05) is 11.9 Å². The number of halogens is 1. The zero-order chi connectivity index (χ0) is 23.3. The molecule has 0 aliphatic carbocycles. The average Bonchev–Trinajstić information content (AvgIpc) is 3.23. The quantitative estimate of drug-likeness (QED) is 0.635. The normalized spacial score (nSPS) is 15.9. The van der Waals surface area contributed by atoms with Gasteiger partial charge in [0, 0.05) is 6.54 Å². The van der Waals surface area contributed by atoms with Gasteiger partial charge in [0.1, 0.15) is 18.2 Å². The van der Waals surface area contributed by atoms with E-state index in [-0.39, 0.29) is 28.8 Å². The summed E-state index contributed by atoms with van der Waals surface area (Å²) in [7, 11) is 0. The third kappa shape index (κ3) is 6.23. The predicted octanol–water partition coefficient (Wildman–Crippen LogP) is 5.04. The second-order valence-electron chi connectivity index (χ2n) is 8.58. The SMILES string of the molecule is CC(C)(C)OC(=O)N1CCCC1C(=O)Nc1cc(C(=O)OCc2ccccc2)ccc1Cl. The number of nitrogens with zero attached hydrogens (tertiary/aromatic N) is 1. The predicted molar refractivity (Wildman–Crippen MR) is 122 cm³/mol. The molecule has 32 heavy (non-hydrogen) atoms. The molecule has 0 aromatic heterocycles. The highest BCUT2D eigenvalue weighted by Crippen LogP contribution is 2.27. The lowest BCUT2D eigenvalue weighted by Gasteiger charge is -2.28. The molecule has 0 saturated carbocycles. The van der Waals surface area contributed by atoms with Crippen LogP contribution in [0.3, 0.4) is 0 Å². The van der Waals surface area contributed by atoms with E-state index >= 15 is 0 Å². The van der Waals surface area contributed by atoms with Gasteiger partial charge in [-0.15, -0.1) is 0 Å². The molecule has 2 amide bonds. The van der Waals surface area contributed by atoms with Crippen LogP contribution in [0.4, 0.5) is 10.5 Å². The molecule has 1 aliphatic heterocycles. The molecular formula is C24H27ClN2O5. The Morgan fingerprint density at radius 2 is 1.84 bits per heavy atom. The summed E-state index contributed by atoms with van der Waals surface area (Å²) in [5, 5.41) is 3.02. The molecule has 1 N–H and O–H groups in total. The Hall–Kier alpha value is -3.06. The number of carbonyl (C=O) groups excluding carboxylic acids is 3. The van der Waals surface area contributed by atoms with Crippen LogP contribution < -0.4 is 5.32 Å². The van der Waals surface area contributed by atoms with E-state index in [9.17, 15) is 14.4 Å². The number of ether oxygens (including phenoxy) is 2. The number of esters is 1. The van der Waals surface area contributed by atoms with Crippen LogP contribution in [0.25, 0.3) is 0 Å². The van der Waals surface area contributed by atoms with Gasteiger partial charge in [-0.05, 0) is 57.4 Å². The van der Waals surface area contributed by atoms with Crippen molar-refractivity contribution < 1.29 is 23.9 Å². The van der Waals surface area contributed by atoms with Crippen LogP contribution in [-0.4, -0.2) is 41.1 Å². The first kappa shape index (κ1) is 23.6. The molecule has 0 spiro atoms. The highest BCUT2D eigenvalue weighted by molar-refractivity contribution is 6.34. The number of rotatable bonds is 5. The first-order chi connectivity index (χ1) is 15.1. The summed E-state index contributed by atoms with van der Waals surface area (Å²) < 4.78 is 10.8. The van der Waals surface area contributed by atoms with Gasteiger partial charge >= 0.3 is 12.1 Å². The minimum absolute atomic E-state index is 0.136. The smallest absolute Gasteiger partial charge is 0.410 e. The Balaban J connectivity index is 1.66. The maximum atomic E-state index is 12.9. The molecule has 3 rings (SSSR count). The molecule has 1 heterocycles. The number of benzene rings is 2. The van der Waals surface area contributed by atoms with Crippen LogP contribution in [-0.2, 0) is 20.9 Å². The van der Waals surface area contributed by atoms with Gasteiger partial charge in [-0.2, -0.15) is 0 Å². The fraction of sp³-hybridized carbons (Fsp3) is 0.375. The van der Waals surface area contributed by atoms with E-state index in [0.717, 1.165) is 5.56 Å². The number of hydrogen-bond acceptors (Lipinski definition) is 5. The number of nitrogens with one attached hydrogen (secondary N) is 1. The maximum Gasteiger partial charge on any atom is 0.410 e. The van der Waals surface area contributed by atoms with Gasteiger partial charge in [0.2, 0.25) is 5.91 Å². The number of likely N-dealkylation sites (tertiary alicyclic amines) is 1. The Kier molecular flexibility index (Phi) is 7.40. The van der Waals surface area contributed by atoms with E-state index in [4.69, 9.17) is 21.1 Å². The molecule has 1 fully saturated rings. The Morgan fingerprint density at radius 3 is 2.53 bits per heavy atom. The monoisotopic (exact) mass is 458 g/mol. The first-order valence-electron chi connectivity index (χ1n) is 10.4. The van der Waals surface area contributed by atoms with Crippen molar-refractivity contribution in [2.45, 2.75) is 51.9 Å². The van der Waals surface area contributed by atoms with Crippen LogP contribution in [0, 0.1) is 0 Å². The van der Waals surface area contributed by atoms with Crippen molar-refractivity contribution in [3.63, 3.8) is 0 Å². The van der Waals surface area contributed by atoms with Crippen molar-refractivity contribution in [3.05, 3.63) is 64.7 Å². The second kappa shape index (κ2) is 10.0. The fourth-order valence-electron chi connectivity index (χ4n) is 3.35. The van der Waals surface area contributed by atoms with Crippen LogP contribution in [0.2, 0.25) is 5.02 Å². The minimum Gasteiger partial charge on any atom is -0.457 e. The average molecular weight is 459 g/mol. The minimum atomic E-state index is -0.672. The topological polar surface area (TPSA) is 84.9 Å². The number of amides is 2. The summed E-state index contributed by atoms with van der Waals surface area (Å²) in [4.78, 5) is 39.2. The van der Waals surface area contributed by atoms with E-state index in [2.05, 4.69) is 5.32 Å². The van der Waals surface area contributed by atoms with Gasteiger partial charge in [0.15, 0.2) is 0 Å². The molecule has 1 aliphatic rings. The molecule has 1 saturated heterocycles. The fourth-order valence-corrected chi connectivity index (χ4v) is 3.51. The zero-order valence-electron chi connectivity index (χ0n) is 18.4. The van der Waals surface area contributed by atoms with Gasteiger partial charge in [-0.1, -0.05) is 41.9 Å². The molecule has 0 radical (unpaired) electrons. The number of carbonyl (C=O) groups is 3. The van der Waals surface area contributed by atoms with Crippen molar-refractivity contribution >= 4 is 35.3 Å². The summed E-state index contributed by atoms with van der Waals surface area (Å²) in [5.41, 5.74) is 0.753. The van der Waals surface area contributed by atoms with Gasteiger partial charge in [0.25, 0.3) is 0 Å². The van der Waals surface area contributed by atoms with E-state index < -0.39 is 23.7 Å². The van der Waals surface area contributed by atoms with E-state index in [1.807, 2.05) is 30.3 Å². The molecule has 0 bridgehead atoms. The Morgan fingerprint density at radius 1 is 1.12 bits per heavy atom. The molecule has 170 valence electrons. The van der Waals surface area contributed by atoms with Crippen molar-refractivity contribution in [1.82, 2.24) is 4.90 Å². The van der Waals surface area contributed by atoms with Crippen molar-refractivity contribution in [3.8, 4) is 0 Å². The Labute approximate surface area is 192 Å². The highest BCUT2D eigenvalue weighted by Gasteiger charge is 2.36. The largest absolute Gasteiger partial charge is 0.457 e.